The van der Waals surface area contributed by atoms with E-state index >= 15 is 0 Å². The molecule has 94 valence electrons. The first-order chi connectivity index (χ1) is 8.22. The second-order valence-corrected chi connectivity index (χ2v) is 5.89. The first kappa shape index (κ1) is 12.8. The summed E-state index contributed by atoms with van der Waals surface area (Å²) in [6.45, 7) is 2.27. The van der Waals surface area contributed by atoms with E-state index in [1.54, 1.807) is 30.4 Å². The summed E-state index contributed by atoms with van der Waals surface area (Å²) >= 11 is 1.69. The Bertz CT molecular complexity index is 345. The molecule has 1 heterocycles. The molecule has 0 radical (unpaired) electrons. The van der Waals surface area contributed by atoms with Gasteiger partial charge in [0.05, 0.1) is 12.8 Å². The van der Waals surface area contributed by atoms with E-state index in [1.807, 2.05) is 0 Å². The smallest absolute Gasteiger partial charge is 0.114 e. The molecule has 5 heteroatoms. The molecule has 1 aliphatic rings. The Hall–Kier alpha value is -0.650. The fraction of sp³-hybridized carbons (Fsp3) is 0.667. The largest absolute Gasteiger partial charge is 0.394 e. The molecule has 4 nitrogen and oxygen atoms in total. The molecule has 1 aliphatic carbocycles. The first-order valence-electron chi connectivity index (χ1n) is 5.99. The van der Waals surface area contributed by atoms with E-state index in [4.69, 9.17) is 0 Å². The second kappa shape index (κ2) is 5.80. The lowest BCUT2D eigenvalue weighted by atomic mass is 10.0. The van der Waals surface area contributed by atoms with Crippen molar-refractivity contribution in [2.24, 2.45) is 0 Å². The number of thioether (sulfide) groups is 1. The summed E-state index contributed by atoms with van der Waals surface area (Å²) in [5, 5.41) is 13.9. The molecular weight excluding hydrogens is 234 g/mol. The van der Waals surface area contributed by atoms with Gasteiger partial charge in [-0.15, -0.1) is 11.8 Å². The summed E-state index contributed by atoms with van der Waals surface area (Å²) in [6, 6.07) is 0.619. The van der Waals surface area contributed by atoms with Crippen molar-refractivity contribution in [3.05, 3.63) is 18.6 Å². The molecule has 1 aromatic heterocycles. The van der Waals surface area contributed by atoms with Gasteiger partial charge in [0.2, 0.25) is 0 Å². The van der Waals surface area contributed by atoms with Crippen molar-refractivity contribution in [2.45, 2.75) is 42.8 Å². The van der Waals surface area contributed by atoms with Gasteiger partial charge < -0.3 is 10.4 Å². The third-order valence-corrected chi connectivity index (χ3v) is 3.84. The standard InChI is InChI=1S/C12H19N3OS/c1-12(9-16,15-10-2-3-10)4-7-17-11-8-13-5-6-14-11/h5-6,8,10,15-16H,2-4,7,9H2,1H3. The lowest BCUT2D eigenvalue weighted by Gasteiger charge is -2.28. The summed E-state index contributed by atoms with van der Waals surface area (Å²) in [4.78, 5) is 8.24. The van der Waals surface area contributed by atoms with Crippen LogP contribution < -0.4 is 5.32 Å². The Morgan fingerprint density at radius 1 is 1.53 bits per heavy atom. The maximum absolute atomic E-state index is 9.46. The summed E-state index contributed by atoms with van der Waals surface area (Å²) in [5.74, 6) is 0.940. The molecule has 2 N–H and O–H groups in total. The summed E-state index contributed by atoms with van der Waals surface area (Å²) < 4.78 is 0. The molecule has 0 bridgehead atoms. The molecule has 1 atom stereocenters. The van der Waals surface area contributed by atoms with Crippen LogP contribution in [0.2, 0.25) is 0 Å². The monoisotopic (exact) mass is 253 g/mol. The minimum atomic E-state index is -0.156. The quantitative estimate of drug-likeness (QED) is 0.721. The average molecular weight is 253 g/mol. The van der Waals surface area contributed by atoms with Crippen molar-refractivity contribution >= 4 is 11.8 Å². The van der Waals surface area contributed by atoms with E-state index in [-0.39, 0.29) is 12.1 Å². The Morgan fingerprint density at radius 3 is 2.94 bits per heavy atom. The predicted molar refractivity (Wildman–Crippen MR) is 69.0 cm³/mol. The molecule has 1 fully saturated rings. The third-order valence-electron chi connectivity index (χ3n) is 2.92. The van der Waals surface area contributed by atoms with E-state index in [0.29, 0.717) is 6.04 Å². The SMILES string of the molecule is CC(CO)(CCSc1cnccn1)NC1CC1. The highest BCUT2D eigenvalue weighted by atomic mass is 32.2. The van der Waals surface area contributed by atoms with Crippen LogP contribution in [0.1, 0.15) is 26.2 Å². The van der Waals surface area contributed by atoms with Gasteiger partial charge in [-0.05, 0) is 26.2 Å². The minimum Gasteiger partial charge on any atom is -0.394 e. The molecule has 17 heavy (non-hydrogen) atoms. The lowest BCUT2D eigenvalue weighted by Crippen LogP contribution is -2.47. The molecular formula is C12H19N3OS. The molecule has 0 aromatic carbocycles. The van der Waals surface area contributed by atoms with Gasteiger partial charge in [0.25, 0.3) is 0 Å². The highest BCUT2D eigenvalue weighted by molar-refractivity contribution is 7.99. The van der Waals surface area contributed by atoms with Crippen LogP contribution in [0.4, 0.5) is 0 Å². The van der Waals surface area contributed by atoms with Crippen LogP contribution in [0.5, 0.6) is 0 Å². The van der Waals surface area contributed by atoms with E-state index in [1.165, 1.54) is 12.8 Å². The number of nitrogens with one attached hydrogen (secondary N) is 1. The highest BCUT2D eigenvalue weighted by Crippen LogP contribution is 2.25. The third kappa shape index (κ3) is 4.26. The van der Waals surface area contributed by atoms with Crippen LogP contribution in [0.25, 0.3) is 0 Å². The van der Waals surface area contributed by atoms with Crippen LogP contribution in [0, 0.1) is 0 Å². The zero-order valence-corrected chi connectivity index (χ0v) is 10.9. The van der Waals surface area contributed by atoms with Crippen LogP contribution in [-0.2, 0) is 0 Å². The van der Waals surface area contributed by atoms with Crippen LogP contribution in [-0.4, -0.2) is 39.0 Å². The molecule has 0 saturated heterocycles. The molecule has 0 spiro atoms. The molecule has 1 aromatic rings. The van der Waals surface area contributed by atoms with E-state index < -0.39 is 0 Å². The number of nitrogens with zero attached hydrogens (tertiary/aromatic N) is 2. The minimum absolute atomic E-state index is 0.156. The van der Waals surface area contributed by atoms with Crippen molar-refractivity contribution in [3.63, 3.8) is 0 Å². The number of aromatic nitrogens is 2. The maximum Gasteiger partial charge on any atom is 0.114 e. The van der Waals surface area contributed by atoms with Crippen molar-refractivity contribution in [2.75, 3.05) is 12.4 Å². The number of aliphatic hydroxyl groups excluding tert-OH is 1. The molecule has 2 rings (SSSR count). The van der Waals surface area contributed by atoms with E-state index in [2.05, 4.69) is 22.2 Å². The molecule has 0 aliphatic heterocycles. The summed E-state index contributed by atoms with van der Waals surface area (Å²) in [7, 11) is 0. The van der Waals surface area contributed by atoms with Crippen LogP contribution >= 0.6 is 11.8 Å². The van der Waals surface area contributed by atoms with E-state index in [0.717, 1.165) is 17.2 Å². The Labute approximate surface area is 106 Å². The number of hydrogen-bond acceptors (Lipinski definition) is 5. The fourth-order valence-electron chi connectivity index (χ4n) is 1.66. The van der Waals surface area contributed by atoms with Gasteiger partial charge in [-0.3, -0.25) is 4.98 Å². The van der Waals surface area contributed by atoms with Gasteiger partial charge in [0.1, 0.15) is 5.03 Å². The number of aliphatic hydroxyl groups is 1. The molecule has 1 unspecified atom stereocenters. The Balaban J connectivity index is 1.75. The van der Waals surface area contributed by atoms with Gasteiger partial charge in [-0.1, -0.05) is 0 Å². The van der Waals surface area contributed by atoms with Gasteiger partial charge in [0, 0.05) is 29.7 Å². The molecule has 0 amide bonds. The van der Waals surface area contributed by atoms with Gasteiger partial charge >= 0.3 is 0 Å². The normalized spacial score (nSPS) is 18.9. The van der Waals surface area contributed by atoms with E-state index in [9.17, 15) is 5.11 Å². The summed E-state index contributed by atoms with van der Waals surface area (Å²) in [6.07, 6.45) is 8.57. The fourth-order valence-corrected chi connectivity index (χ4v) is 2.69. The Morgan fingerprint density at radius 2 is 2.35 bits per heavy atom. The Kier molecular flexibility index (Phi) is 4.36. The molecule has 1 saturated carbocycles. The average Bonchev–Trinajstić information content (AvgIpc) is 3.14. The van der Waals surface area contributed by atoms with Crippen molar-refractivity contribution in [1.29, 1.82) is 0 Å². The maximum atomic E-state index is 9.46. The van der Waals surface area contributed by atoms with Crippen molar-refractivity contribution in [1.82, 2.24) is 15.3 Å². The van der Waals surface area contributed by atoms with Gasteiger partial charge in [-0.2, -0.15) is 0 Å². The highest BCUT2D eigenvalue weighted by Gasteiger charge is 2.31. The van der Waals surface area contributed by atoms with Gasteiger partial charge in [0.15, 0.2) is 0 Å². The van der Waals surface area contributed by atoms with Crippen molar-refractivity contribution < 1.29 is 5.11 Å². The number of hydrogen-bond donors (Lipinski definition) is 2. The zero-order chi connectivity index (χ0) is 12.1. The van der Waals surface area contributed by atoms with Crippen LogP contribution in [0.3, 0.4) is 0 Å². The second-order valence-electron chi connectivity index (χ2n) is 4.78. The lowest BCUT2D eigenvalue weighted by molar-refractivity contribution is 0.169. The topological polar surface area (TPSA) is 58.0 Å². The first-order valence-corrected chi connectivity index (χ1v) is 6.98. The summed E-state index contributed by atoms with van der Waals surface area (Å²) in [5.41, 5.74) is -0.156. The predicted octanol–water partition coefficient (Wildman–Crippen LogP) is 1.46. The van der Waals surface area contributed by atoms with Gasteiger partial charge in [-0.25, -0.2) is 4.98 Å². The number of rotatable bonds is 7. The van der Waals surface area contributed by atoms with Crippen molar-refractivity contribution in [3.8, 4) is 0 Å². The van der Waals surface area contributed by atoms with Crippen LogP contribution in [0.15, 0.2) is 23.6 Å². The zero-order valence-electron chi connectivity index (χ0n) is 10.1.